The van der Waals surface area contributed by atoms with Crippen LogP contribution in [0, 0.1) is 5.82 Å². The van der Waals surface area contributed by atoms with Gasteiger partial charge in [0, 0.05) is 12.2 Å². The summed E-state index contributed by atoms with van der Waals surface area (Å²) in [6, 6.07) is 10.7. The summed E-state index contributed by atoms with van der Waals surface area (Å²) in [6.45, 7) is 1.90. The van der Waals surface area contributed by atoms with Gasteiger partial charge < -0.3 is 14.7 Å². The molecule has 1 atom stereocenters. The van der Waals surface area contributed by atoms with E-state index in [1.165, 1.54) is 18.2 Å². The molecule has 1 N–H and O–H groups in total. The molecule has 0 bridgehead atoms. The number of ether oxygens (including phenoxy) is 1. The Morgan fingerprint density at radius 1 is 1.33 bits per heavy atom. The molecule has 0 amide bonds. The van der Waals surface area contributed by atoms with Crippen molar-refractivity contribution in [3.63, 3.8) is 0 Å². The number of nitrogens with zero attached hydrogens (tertiary/aromatic N) is 1. The fourth-order valence-electron chi connectivity index (χ4n) is 2.22. The molecular weight excluding hydrogens is 328 g/mol. The summed E-state index contributed by atoms with van der Waals surface area (Å²) in [7, 11) is 1.57. The number of benzene rings is 2. The van der Waals surface area contributed by atoms with Crippen molar-refractivity contribution in [2.45, 2.75) is 19.5 Å². The van der Waals surface area contributed by atoms with Gasteiger partial charge in [0.25, 0.3) is 0 Å². The second-order valence-corrected chi connectivity index (χ2v) is 5.50. The number of halogens is 2. The molecule has 0 fully saturated rings. The normalized spacial score (nSPS) is 11.3. The molecule has 4 nitrogen and oxygen atoms in total. The Bertz CT molecular complexity index is 714. The van der Waals surface area contributed by atoms with E-state index in [-0.39, 0.29) is 23.9 Å². The number of rotatable bonds is 6. The number of carboxylic acids is 1. The first kappa shape index (κ1) is 20.4. The first-order chi connectivity index (χ1) is 10.9. The molecule has 24 heavy (non-hydrogen) atoms. The van der Waals surface area contributed by atoms with E-state index in [2.05, 4.69) is 0 Å². The molecule has 0 aromatic heterocycles. The number of anilines is 1. The van der Waals surface area contributed by atoms with Crippen molar-refractivity contribution in [1.29, 1.82) is 0 Å². The Morgan fingerprint density at radius 3 is 2.62 bits per heavy atom. The molecule has 2 aromatic rings. The van der Waals surface area contributed by atoms with Gasteiger partial charge in [0.05, 0.1) is 12.1 Å². The molecule has 0 radical (unpaired) electrons. The first-order valence-corrected chi connectivity index (χ1v) is 7.37. The predicted molar refractivity (Wildman–Crippen MR) is 94.8 cm³/mol. The quantitative estimate of drug-likeness (QED) is 0.816. The van der Waals surface area contributed by atoms with Crippen molar-refractivity contribution in [2.75, 3.05) is 12.0 Å². The van der Waals surface area contributed by atoms with Gasteiger partial charge in [-0.1, -0.05) is 23.7 Å². The molecule has 2 aromatic carbocycles. The molecule has 0 heterocycles. The monoisotopic (exact) mass is 345 g/mol. The van der Waals surface area contributed by atoms with Gasteiger partial charge >= 0.3 is 24.8 Å². The van der Waals surface area contributed by atoms with Crippen LogP contribution < -0.4 is 9.64 Å². The number of hydrogen-bond donors (Lipinski definition) is 1. The summed E-state index contributed by atoms with van der Waals surface area (Å²) in [5.41, 5.74) is 1.41. The van der Waals surface area contributed by atoms with E-state index < -0.39 is 17.8 Å². The van der Waals surface area contributed by atoms with E-state index in [0.29, 0.717) is 18.0 Å². The average Bonchev–Trinajstić information content (AvgIpc) is 2.54. The van der Waals surface area contributed by atoms with Crippen molar-refractivity contribution in [2.24, 2.45) is 0 Å². The van der Waals surface area contributed by atoms with Gasteiger partial charge in [-0.2, -0.15) is 0 Å². The summed E-state index contributed by atoms with van der Waals surface area (Å²) < 4.78 is 18.5. The van der Waals surface area contributed by atoms with Crippen LogP contribution in [0.3, 0.4) is 0 Å². The zero-order valence-corrected chi connectivity index (χ0v) is 13.5. The molecule has 0 aliphatic heterocycles. The van der Waals surface area contributed by atoms with Crippen molar-refractivity contribution in [3.05, 3.63) is 58.9 Å². The van der Waals surface area contributed by atoms with Gasteiger partial charge in [0.15, 0.2) is 0 Å². The second-order valence-electron chi connectivity index (χ2n) is 5.09. The van der Waals surface area contributed by atoms with Crippen LogP contribution in [-0.4, -0.2) is 43.1 Å². The van der Waals surface area contributed by atoms with Gasteiger partial charge in [-0.3, -0.25) is 0 Å². The summed E-state index contributed by atoms with van der Waals surface area (Å²) >= 11 is 5.82. The van der Waals surface area contributed by atoms with E-state index in [9.17, 15) is 14.3 Å². The van der Waals surface area contributed by atoms with Crippen LogP contribution in [0.2, 0.25) is 5.02 Å². The summed E-state index contributed by atoms with van der Waals surface area (Å²) in [4.78, 5) is 13.0. The van der Waals surface area contributed by atoms with Crippen LogP contribution in [0.25, 0.3) is 0 Å². The van der Waals surface area contributed by atoms with Crippen LogP contribution in [0.4, 0.5) is 10.1 Å². The van der Waals surface area contributed by atoms with Gasteiger partial charge in [0.1, 0.15) is 17.6 Å². The SMILES string of the molecule is COc1cccc(CN(c2ccc(F)c(Cl)c2)C(C)C(=O)O)c1.[LiH]. The molecular formula is C17H18ClFLiNO3. The number of carboxylic acid groups (broad SMARTS) is 1. The molecule has 0 aliphatic carbocycles. The number of methoxy groups -OCH3 is 1. The molecule has 0 aliphatic rings. The molecule has 2 rings (SSSR count). The topological polar surface area (TPSA) is 49.8 Å². The molecule has 124 valence electrons. The van der Waals surface area contributed by atoms with Crippen LogP contribution in [0.15, 0.2) is 42.5 Å². The fourth-order valence-corrected chi connectivity index (χ4v) is 2.39. The van der Waals surface area contributed by atoms with Gasteiger partial charge in [-0.05, 0) is 42.8 Å². The number of hydrogen-bond acceptors (Lipinski definition) is 3. The zero-order valence-electron chi connectivity index (χ0n) is 12.8. The summed E-state index contributed by atoms with van der Waals surface area (Å²) in [6.07, 6.45) is 0. The number of aliphatic carboxylic acids is 1. The van der Waals surface area contributed by atoms with Crippen LogP contribution in [0.1, 0.15) is 12.5 Å². The fraction of sp³-hybridized carbons (Fsp3) is 0.235. The Labute approximate surface area is 157 Å². The van der Waals surface area contributed by atoms with E-state index in [1.807, 2.05) is 24.3 Å². The number of carbonyl (C=O) groups is 1. The molecule has 0 saturated heterocycles. The maximum atomic E-state index is 13.4. The standard InChI is InChI=1S/C17H17ClFNO3.Li.H/c1-11(17(21)22)20(13-6-7-16(19)15(18)9-13)10-12-4-3-5-14(8-12)23-2;;/h3-9,11H,10H2,1-2H3,(H,21,22);;. The van der Waals surface area contributed by atoms with E-state index >= 15 is 0 Å². The van der Waals surface area contributed by atoms with Crippen LogP contribution in [0.5, 0.6) is 5.75 Å². The Balaban J connectivity index is 0.00000288. The molecule has 0 saturated carbocycles. The van der Waals surface area contributed by atoms with Gasteiger partial charge in [-0.15, -0.1) is 0 Å². The Hall–Kier alpha value is -1.67. The summed E-state index contributed by atoms with van der Waals surface area (Å²) in [5.74, 6) is -0.837. The van der Waals surface area contributed by atoms with Gasteiger partial charge in [-0.25, -0.2) is 9.18 Å². The van der Waals surface area contributed by atoms with Crippen molar-refractivity contribution in [1.82, 2.24) is 0 Å². The molecule has 0 spiro atoms. The Morgan fingerprint density at radius 2 is 2.04 bits per heavy atom. The Kier molecular flexibility index (Phi) is 7.62. The summed E-state index contributed by atoms with van der Waals surface area (Å²) in [5, 5.41) is 9.30. The van der Waals surface area contributed by atoms with E-state index in [0.717, 1.165) is 5.56 Å². The first-order valence-electron chi connectivity index (χ1n) is 7.00. The van der Waals surface area contributed by atoms with E-state index in [4.69, 9.17) is 16.3 Å². The minimum absolute atomic E-state index is 0. The average molecular weight is 346 g/mol. The van der Waals surface area contributed by atoms with Gasteiger partial charge in [0.2, 0.25) is 0 Å². The predicted octanol–water partition coefficient (Wildman–Crippen LogP) is 3.32. The third-order valence-corrected chi connectivity index (χ3v) is 3.84. The van der Waals surface area contributed by atoms with Crippen LogP contribution >= 0.6 is 11.6 Å². The zero-order chi connectivity index (χ0) is 17.0. The maximum absolute atomic E-state index is 13.4. The molecule has 7 heteroatoms. The van der Waals surface area contributed by atoms with Crippen molar-refractivity contribution >= 4 is 42.1 Å². The van der Waals surface area contributed by atoms with E-state index in [1.54, 1.807) is 18.9 Å². The van der Waals surface area contributed by atoms with Crippen molar-refractivity contribution in [3.8, 4) is 5.75 Å². The third-order valence-electron chi connectivity index (χ3n) is 3.55. The van der Waals surface area contributed by atoms with Crippen LogP contribution in [-0.2, 0) is 11.3 Å². The molecule has 1 unspecified atom stereocenters. The van der Waals surface area contributed by atoms with Crippen molar-refractivity contribution < 1.29 is 19.0 Å². The second kappa shape index (κ2) is 8.98. The minimum atomic E-state index is -0.978. The third kappa shape index (κ3) is 4.91.